The highest BCUT2D eigenvalue weighted by molar-refractivity contribution is 7.89. The van der Waals surface area contributed by atoms with Crippen molar-refractivity contribution in [1.29, 1.82) is 0 Å². The van der Waals surface area contributed by atoms with Crippen molar-refractivity contribution in [2.45, 2.75) is 18.4 Å². The highest BCUT2D eigenvalue weighted by Gasteiger charge is 2.12. The van der Waals surface area contributed by atoms with Gasteiger partial charge in [0.2, 0.25) is 15.9 Å². The number of aromatic amines is 1. The number of sulfonamides is 1. The third-order valence-electron chi connectivity index (χ3n) is 4.14. The quantitative estimate of drug-likeness (QED) is 0.598. The predicted octanol–water partition coefficient (Wildman–Crippen LogP) is 2.53. The van der Waals surface area contributed by atoms with Crippen molar-refractivity contribution < 1.29 is 13.2 Å². The molecule has 3 rings (SSSR count). The second kappa shape index (κ2) is 8.37. The molecule has 0 aliphatic heterocycles. The normalized spacial score (nSPS) is 11.9. The number of carbonyl (C=O) groups is 1. The molecule has 0 aliphatic carbocycles. The van der Waals surface area contributed by atoms with E-state index in [1.165, 1.54) is 18.2 Å². The molecule has 0 bridgehead atoms. The summed E-state index contributed by atoms with van der Waals surface area (Å²) in [6.45, 7) is 2.41. The van der Waals surface area contributed by atoms with E-state index in [-0.39, 0.29) is 10.8 Å². The zero-order chi connectivity index (χ0) is 20.1. The average Bonchev–Trinajstić information content (AvgIpc) is 3.08. The van der Waals surface area contributed by atoms with Gasteiger partial charge in [-0.1, -0.05) is 31.2 Å². The van der Waals surface area contributed by atoms with E-state index in [1.807, 2.05) is 24.3 Å². The molecule has 7 nitrogen and oxygen atoms in total. The first kappa shape index (κ1) is 19.8. The third-order valence-corrected chi connectivity index (χ3v) is 5.71. The number of benzene rings is 2. The molecule has 8 heteroatoms. The molecule has 3 aromatic rings. The molecule has 0 atom stereocenters. The minimum Gasteiger partial charge on any atom is -0.340 e. The van der Waals surface area contributed by atoms with Crippen LogP contribution in [0.3, 0.4) is 0 Å². The maximum Gasteiger partial charge on any atom is 0.246 e. The predicted molar refractivity (Wildman–Crippen MR) is 109 cm³/mol. The van der Waals surface area contributed by atoms with Gasteiger partial charge in [-0.3, -0.25) is 4.79 Å². The number of para-hydroxylation sites is 2. The van der Waals surface area contributed by atoms with Crippen LogP contribution in [-0.2, 0) is 21.4 Å². The Balaban J connectivity index is 1.63. The van der Waals surface area contributed by atoms with Gasteiger partial charge in [-0.2, -0.15) is 0 Å². The van der Waals surface area contributed by atoms with Gasteiger partial charge in [-0.15, -0.1) is 0 Å². The van der Waals surface area contributed by atoms with E-state index < -0.39 is 10.0 Å². The Hall–Kier alpha value is -2.97. The Morgan fingerprint density at radius 3 is 2.57 bits per heavy atom. The molecule has 1 heterocycles. The van der Waals surface area contributed by atoms with Crippen LogP contribution in [0.4, 0.5) is 0 Å². The number of carbonyl (C=O) groups excluding carboxylic acids is 1. The maximum absolute atomic E-state index is 12.3. The Bertz CT molecular complexity index is 1070. The first-order chi connectivity index (χ1) is 13.4. The van der Waals surface area contributed by atoms with Crippen LogP contribution in [-0.4, -0.2) is 42.8 Å². The number of hydrogen-bond acceptors (Lipinski definition) is 4. The molecule has 28 heavy (non-hydrogen) atoms. The zero-order valence-electron chi connectivity index (χ0n) is 15.7. The molecule has 2 aromatic carbocycles. The Labute approximate surface area is 164 Å². The molecular formula is C20H22N4O3S. The molecule has 0 aliphatic rings. The zero-order valence-corrected chi connectivity index (χ0v) is 16.5. The number of hydrogen-bond donors (Lipinski definition) is 2. The second-order valence-corrected chi connectivity index (χ2v) is 8.07. The van der Waals surface area contributed by atoms with Gasteiger partial charge in [-0.05, 0) is 35.9 Å². The van der Waals surface area contributed by atoms with Gasteiger partial charge in [0.1, 0.15) is 5.82 Å². The Morgan fingerprint density at radius 2 is 1.89 bits per heavy atom. The number of imidazole rings is 1. The van der Waals surface area contributed by atoms with Crippen LogP contribution in [0.15, 0.2) is 59.5 Å². The van der Waals surface area contributed by atoms with Crippen molar-refractivity contribution in [2.75, 3.05) is 13.6 Å². The summed E-state index contributed by atoms with van der Waals surface area (Å²) in [7, 11) is -1.78. The topological polar surface area (TPSA) is 95.2 Å². The molecule has 0 unspecified atom stereocenters. The first-order valence-electron chi connectivity index (χ1n) is 8.85. The minimum atomic E-state index is -3.48. The smallest absolute Gasteiger partial charge is 0.246 e. The van der Waals surface area contributed by atoms with Crippen molar-refractivity contribution in [3.63, 3.8) is 0 Å². The Kier molecular flexibility index (Phi) is 5.91. The summed E-state index contributed by atoms with van der Waals surface area (Å²) < 4.78 is 26.3. The van der Waals surface area contributed by atoms with Gasteiger partial charge >= 0.3 is 0 Å². The lowest BCUT2D eigenvalue weighted by Crippen LogP contribution is -2.24. The van der Waals surface area contributed by atoms with Crippen LogP contribution in [0.2, 0.25) is 0 Å². The van der Waals surface area contributed by atoms with Crippen molar-refractivity contribution >= 4 is 33.0 Å². The van der Waals surface area contributed by atoms with E-state index in [1.54, 1.807) is 37.1 Å². The molecule has 1 aromatic heterocycles. The molecule has 0 fully saturated rings. The number of amides is 1. The summed E-state index contributed by atoms with van der Waals surface area (Å²) in [5.41, 5.74) is 2.53. The summed E-state index contributed by atoms with van der Waals surface area (Å²) in [6.07, 6.45) is 3.11. The maximum atomic E-state index is 12.3. The standard InChI is InChI=1S/C20H22N4O3S/c1-3-21-28(26,27)16-11-8-15(9-12-16)10-13-20(25)24(2)14-19-22-17-6-4-5-7-18(17)23-19/h4-13,21H,3,14H2,1-2H3,(H,22,23)/b13-10+. The summed E-state index contributed by atoms with van der Waals surface area (Å²) in [6, 6.07) is 14.0. The van der Waals surface area contributed by atoms with E-state index in [0.717, 1.165) is 16.6 Å². The van der Waals surface area contributed by atoms with Crippen LogP contribution < -0.4 is 4.72 Å². The third kappa shape index (κ3) is 4.65. The van der Waals surface area contributed by atoms with Crippen molar-refractivity contribution in [1.82, 2.24) is 19.6 Å². The summed E-state index contributed by atoms with van der Waals surface area (Å²) in [4.78, 5) is 21.7. The molecule has 146 valence electrons. The summed E-state index contributed by atoms with van der Waals surface area (Å²) in [5, 5.41) is 0. The van der Waals surface area contributed by atoms with Crippen molar-refractivity contribution in [3.05, 3.63) is 66.0 Å². The summed E-state index contributed by atoms with van der Waals surface area (Å²) in [5.74, 6) is 0.535. The van der Waals surface area contributed by atoms with Crippen LogP contribution in [0.5, 0.6) is 0 Å². The van der Waals surface area contributed by atoms with Gasteiger partial charge in [0, 0.05) is 19.7 Å². The second-order valence-electron chi connectivity index (χ2n) is 6.30. The number of nitrogens with one attached hydrogen (secondary N) is 2. The molecular weight excluding hydrogens is 376 g/mol. The Morgan fingerprint density at radius 1 is 1.18 bits per heavy atom. The molecule has 2 N–H and O–H groups in total. The van der Waals surface area contributed by atoms with Crippen LogP contribution >= 0.6 is 0 Å². The van der Waals surface area contributed by atoms with E-state index in [0.29, 0.717) is 18.9 Å². The van der Waals surface area contributed by atoms with E-state index in [2.05, 4.69) is 14.7 Å². The van der Waals surface area contributed by atoms with Gasteiger partial charge in [0.05, 0.1) is 22.5 Å². The van der Waals surface area contributed by atoms with E-state index in [9.17, 15) is 13.2 Å². The number of H-pyrrole nitrogens is 1. The lowest BCUT2D eigenvalue weighted by atomic mass is 10.2. The fourth-order valence-corrected chi connectivity index (χ4v) is 3.75. The largest absolute Gasteiger partial charge is 0.340 e. The minimum absolute atomic E-state index is 0.176. The fraction of sp³-hybridized carbons (Fsp3) is 0.200. The lowest BCUT2D eigenvalue weighted by molar-refractivity contribution is -0.125. The average molecular weight is 398 g/mol. The lowest BCUT2D eigenvalue weighted by Gasteiger charge is -2.13. The highest BCUT2D eigenvalue weighted by atomic mass is 32.2. The number of rotatable bonds is 7. The van der Waals surface area contributed by atoms with Gasteiger partial charge in [0.15, 0.2) is 0 Å². The molecule has 1 amide bonds. The number of likely N-dealkylation sites (N-methyl/N-ethyl adjacent to an activating group) is 1. The molecule has 0 radical (unpaired) electrons. The van der Waals surface area contributed by atoms with Crippen LogP contribution in [0.25, 0.3) is 17.1 Å². The summed E-state index contributed by atoms with van der Waals surface area (Å²) >= 11 is 0. The van der Waals surface area contributed by atoms with E-state index >= 15 is 0 Å². The number of aromatic nitrogens is 2. The first-order valence-corrected chi connectivity index (χ1v) is 10.3. The van der Waals surface area contributed by atoms with Crippen molar-refractivity contribution in [3.8, 4) is 0 Å². The van der Waals surface area contributed by atoms with E-state index in [4.69, 9.17) is 0 Å². The molecule has 0 saturated carbocycles. The van der Waals surface area contributed by atoms with Gasteiger partial charge in [0.25, 0.3) is 0 Å². The SMILES string of the molecule is CCNS(=O)(=O)c1ccc(/C=C/C(=O)N(C)Cc2nc3ccccc3[nH]2)cc1. The highest BCUT2D eigenvalue weighted by Crippen LogP contribution is 2.13. The van der Waals surface area contributed by atoms with Crippen LogP contribution in [0, 0.1) is 0 Å². The molecule has 0 spiro atoms. The number of fused-ring (bicyclic) bond motifs is 1. The van der Waals surface area contributed by atoms with Crippen molar-refractivity contribution in [2.24, 2.45) is 0 Å². The molecule has 0 saturated heterocycles. The fourth-order valence-electron chi connectivity index (χ4n) is 2.71. The van der Waals surface area contributed by atoms with Gasteiger partial charge in [-0.25, -0.2) is 18.1 Å². The number of nitrogens with zero attached hydrogens (tertiary/aromatic N) is 2. The van der Waals surface area contributed by atoms with Gasteiger partial charge < -0.3 is 9.88 Å². The van der Waals surface area contributed by atoms with Crippen LogP contribution in [0.1, 0.15) is 18.3 Å². The monoisotopic (exact) mass is 398 g/mol.